The van der Waals surface area contributed by atoms with Crippen molar-refractivity contribution in [2.45, 2.75) is 39.2 Å². The molecule has 4 nitrogen and oxygen atoms in total. The van der Waals surface area contributed by atoms with E-state index < -0.39 is 0 Å². The van der Waals surface area contributed by atoms with Crippen LogP contribution < -0.4 is 5.73 Å². The molecule has 1 aliphatic rings. The van der Waals surface area contributed by atoms with Crippen LogP contribution in [0.5, 0.6) is 0 Å². The summed E-state index contributed by atoms with van der Waals surface area (Å²) < 4.78 is 1.91. The molecule has 0 aliphatic heterocycles. The molecular formula is C9H16N4. The molecule has 0 aromatic carbocycles. The van der Waals surface area contributed by atoms with Gasteiger partial charge in [0.2, 0.25) is 5.95 Å². The largest absolute Gasteiger partial charge is 0.367 e. The van der Waals surface area contributed by atoms with E-state index in [2.05, 4.69) is 23.9 Å². The summed E-state index contributed by atoms with van der Waals surface area (Å²) >= 11 is 0. The Bertz CT molecular complexity index is 302. The highest BCUT2D eigenvalue weighted by Gasteiger charge is 2.32. The predicted octanol–water partition coefficient (Wildman–Crippen LogP) is 1.61. The summed E-state index contributed by atoms with van der Waals surface area (Å²) in [7, 11) is 0. The second-order valence-electron chi connectivity index (χ2n) is 4.64. The molecule has 13 heavy (non-hydrogen) atoms. The molecule has 2 rings (SSSR count). The molecule has 0 bridgehead atoms. The lowest BCUT2D eigenvalue weighted by Gasteiger charge is -2.16. The number of hydrogen-bond acceptors (Lipinski definition) is 3. The summed E-state index contributed by atoms with van der Waals surface area (Å²) in [6.07, 6.45) is 5.37. The Morgan fingerprint density at radius 1 is 1.62 bits per heavy atom. The fraction of sp³-hybridized carbons (Fsp3) is 0.778. The van der Waals surface area contributed by atoms with Crippen LogP contribution in [0, 0.1) is 5.41 Å². The maximum atomic E-state index is 5.47. The molecular weight excluding hydrogens is 164 g/mol. The van der Waals surface area contributed by atoms with Gasteiger partial charge in [-0.2, -0.15) is 0 Å². The third-order valence-electron chi connectivity index (χ3n) is 2.84. The quantitative estimate of drug-likeness (QED) is 0.714. The number of nitrogens with zero attached hydrogens (tertiary/aromatic N) is 3. The van der Waals surface area contributed by atoms with Crippen molar-refractivity contribution in [3.8, 4) is 0 Å². The summed E-state index contributed by atoms with van der Waals surface area (Å²) in [5.41, 5.74) is 5.92. The summed E-state index contributed by atoms with van der Waals surface area (Å²) in [5.74, 6) is 0.379. The number of rotatable bonds is 1. The second kappa shape index (κ2) is 2.72. The molecule has 1 aromatic rings. The van der Waals surface area contributed by atoms with Crippen LogP contribution in [-0.4, -0.2) is 14.8 Å². The molecule has 0 amide bonds. The second-order valence-corrected chi connectivity index (χ2v) is 4.64. The lowest BCUT2D eigenvalue weighted by Crippen LogP contribution is -2.09. The Morgan fingerprint density at radius 3 is 2.85 bits per heavy atom. The fourth-order valence-corrected chi connectivity index (χ4v) is 2.09. The Kier molecular flexibility index (Phi) is 1.78. The van der Waals surface area contributed by atoms with E-state index in [1.165, 1.54) is 19.3 Å². The van der Waals surface area contributed by atoms with E-state index in [1.54, 1.807) is 6.33 Å². The number of aromatic nitrogens is 3. The zero-order valence-corrected chi connectivity index (χ0v) is 8.20. The van der Waals surface area contributed by atoms with Gasteiger partial charge in [0.25, 0.3) is 0 Å². The van der Waals surface area contributed by atoms with Crippen molar-refractivity contribution in [2.24, 2.45) is 5.41 Å². The third kappa shape index (κ3) is 1.66. The van der Waals surface area contributed by atoms with Crippen LogP contribution in [0.25, 0.3) is 0 Å². The first-order valence-electron chi connectivity index (χ1n) is 4.73. The smallest absolute Gasteiger partial charge is 0.239 e. The topological polar surface area (TPSA) is 56.7 Å². The van der Waals surface area contributed by atoms with Crippen molar-refractivity contribution < 1.29 is 0 Å². The molecule has 72 valence electrons. The molecule has 0 saturated heterocycles. The normalized spacial score (nSPS) is 26.5. The fourth-order valence-electron chi connectivity index (χ4n) is 2.09. The lowest BCUT2D eigenvalue weighted by atomic mass is 9.92. The van der Waals surface area contributed by atoms with E-state index in [1.807, 2.05) is 4.68 Å². The van der Waals surface area contributed by atoms with E-state index in [0.29, 0.717) is 17.4 Å². The average Bonchev–Trinajstić information content (AvgIpc) is 2.56. The summed E-state index contributed by atoms with van der Waals surface area (Å²) in [5, 5.41) is 4.14. The molecule has 1 aliphatic carbocycles. The SMILES string of the molecule is CC1(C)CCC(n2cnc(N)n2)C1. The van der Waals surface area contributed by atoms with Gasteiger partial charge in [-0.3, -0.25) is 0 Å². The number of nitrogens with two attached hydrogens (primary N) is 1. The summed E-state index contributed by atoms with van der Waals surface area (Å²) in [6, 6.07) is 0.500. The van der Waals surface area contributed by atoms with E-state index >= 15 is 0 Å². The highest BCUT2D eigenvalue weighted by atomic mass is 15.4. The van der Waals surface area contributed by atoms with Crippen molar-refractivity contribution in [2.75, 3.05) is 5.73 Å². The molecule has 1 aromatic heterocycles. The molecule has 1 saturated carbocycles. The maximum Gasteiger partial charge on any atom is 0.239 e. The Morgan fingerprint density at radius 2 is 2.38 bits per heavy atom. The van der Waals surface area contributed by atoms with Gasteiger partial charge in [-0.05, 0) is 24.7 Å². The first kappa shape index (κ1) is 8.53. The summed E-state index contributed by atoms with van der Waals surface area (Å²) in [4.78, 5) is 3.94. The third-order valence-corrected chi connectivity index (χ3v) is 2.84. The van der Waals surface area contributed by atoms with Gasteiger partial charge in [-0.1, -0.05) is 13.8 Å². The van der Waals surface area contributed by atoms with E-state index in [9.17, 15) is 0 Å². The van der Waals surface area contributed by atoms with E-state index in [-0.39, 0.29) is 0 Å². The molecule has 1 heterocycles. The van der Waals surface area contributed by atoms with Gasteiger partial charge in [0.15, 0.2) is 0 Å². The average molecular weight is 180 g/mol. The maximum absolute atomic E-state index is 5.47. The van der Waals surface area contributed by atoms with Crippen molar-refractivity contribution >= 4 is 5.95 Å². The predicted molar refractivity (Wildman–Crippen MR) is 51.1 cm³/mol. The van der Waals surface area contributed by atoms with Crippen molar-refractivity contribution in [3.05, 3.63) is 6.33 Å². The van der Waals surface area contributed by atoms with E-state index in [0.717, 1.165) is 0 Å². The van der Waals surface area contributed by atoms with Gasteiger partial charge in [0.1, 0.15) is 6.33 Å². The van der Waals surface area contributed by atoms with Crippen LogP contribution in [0.2, 0.25) is 0 Å². The summed E-state index contributed by atoms with van der Waals surface area (Å²) in [6.45, 7) is 4.60. The lowest BCUT2D eigenvalue weighted by molar-refractivity contribution is 0.350. The van der Waals surface area contributed by atoms with Gasteiger partial charge < -0.3 is 5.73 Å². The van der Waals surface area contributed by atoms with E-state index in [4.69, 9.17) is 5.73 Å². The van der Waals surface area contributed by atoms with Crippen LogP contribution in [0.4, 0.5) is 5.95 Å². The molecule has 0 spiro atoms. The van der Waals surface area contributed by atoms with Gasteiger partial charge in [0, 0.05) is 0 Å². The van der Waals surface area contributed by atoms with Crippen LogP contribution in [0.15, 0.2) is 6.33 Å². The molecule has 0 radical (unpaired) electrons. The molecule has 4 heteroatoms. The highest BCUT2D eigenvalue weighted by molar-refractivity contribution is 5.09. The van der Waals surface area contributed by atoms with Crippen LogP contribution >= 0.6 is 0 Å². The van der Waals surface area contributed by atoms with Crippen molar-refractivity contribution in [3.63, 3.8) is 0 Å². The van der Waals surface area contributed by atoms with Gasteiger partial charge in [0.05, 0.1) is 6.04 Å². The van der Waals surface area contributed by atoms with Crippen molar-refractivity contribution in [1.29, 1.82) is 0 Å². The first-order valence-corrected chi connectivity index (χ1v) is 4.73. The van der Waals surface area contributed by atoms with Gasteiger partial charge >= 0.3 is 0 Å². The van der Waals surface area contributed by atoms with Gasteiger partial charge in [-0.15, -0.1) is 5.10 Å². The van der Waals surface area contributed by atoms with Crippen LogP contribution in [0.1, 0.15) is 39.2 Å². The number of hydrogen-bond donors (Lipinski definition) is 1. The first-order chi connectivity index (χ1) is 6.07. The minimum Gasteiger partial charge on any atom is -0.367 e. The highest BCUT2D eigenvalue weighted by Crippen LogP contribution is 2.42. The molecule has 1 atom stereocenters. The van der Waals surface area contributed by atoms with Gasteiger partial charge in [-0.25, -0.2) is 9.67 Å². The molecule has 2 N–H and O–H groups in total. The standard InChI is InChI=1S/C9H16N4/c1-9(2)4-3-7(5-9)13-6-11-8(10)12-13/h6-7H,3-5H2,1-2H3,(H2,10,12). The molecule has 1 unspecified atom stereocenters. The van der Waals surface area contributed by atoms with Crippen molar-refractivity contribution in [1.82, 2.24) is 14.8 Å². The zero-order valence-electron chi connectivity index (χ0n) is 8.20. The Labute approximate surface area is 78.1 Å². The number of anilines is 1. The molecule has 1 fully saturated rings. The van der Waals surface area contributed by atoms with Crippen LogP contribution in [-0.2, 0) is 0 Å². The minimum absolute atomic E-state index is 0.379. The Hall–Kier alpha value is -1.06. The van der Waals surface area contributed by atoms with Crippen LogP contribution in [0.3, 0.4) is 0 Å². The Balaban J connectivity index is 2.12. The minimum atomic E-state index is 0.379. The number of nitrogen functional groups attached to an aromatic ring is 1. The monoisotopic (exact) mass is 180 g/mol. The zero-order chi connectivity index (χ0) is 9.47.